The summed E-state index contributed by atoms with van der Waals surface area (Å²) in [6.07, 6.45) is 1.76. The van der Waals surface area contributed by atoms with Gasteiger partial charge in [0.25, 0.3) is 5.56 Å². The first-order valence-electron chi connectivity index (χ1n) is 14.7. The average Bonchev–Trinajstić information content (AvgIpc) is 3.66. The molecular weight excluding hydrogens is 565 g/mol. The van der Waals surface area contributed by atoms with E-state index in [0.717, 1.165) is 24.1 Å². The van der Waals surface area contributed by atoms with Crippen molar-refractivity contribution in [2.24, 2.45) is 13.0 Å². The number of fused-ring (bicyclic) bond motifs is 1. The summed E-state index contributed by atoms with van der Waals surface area (Å²) in [5.74, 6) is 0.404. The van der Waals surface area contributed by atoms with E-state index < -0.39 is 23.3 Å². The van der Waals surface area contributed by atoms with Crippen LogP contribution < -0.4 is 20.9 Å². The first-order valence-corrected chi connectivity index (χ1v) is 14.7. The summed E-state index contributed by atoms with van der Waals surface area (Å²) in [6.45, 7) is 6.31. The molecule has 0 saturated heterocycles. The number of benzene rings is 2. The van der Waals surface area contributed by atoms with E-state index in [1.54, 1.807) is 49.0 Å². The molecule has 11 nitrogen and oxygen atoms in total. The number of ether oxygens (including phenoxy) is 1. The van der Waals surface area contributed by atoms with Crippen LogP contribution in [0.4, 0.5) is 14.9 Å². The Morgan fingerprint density at radius 3 is 2.48 bits per heavy atom. The number of carbonyl (C=O) groups excluding carboxylic acids is 1. The Morgan fingerprint density at radius 1 is 1.11 bits per heavy atom. The van der Waals surface area contributed by atoms with Crippen LogP contribution in [0.1, 0.15) is 54.0 Å². The molecule has 12 heteroatoms. The molecule has 6 rings (SSSR count). The zero-order valence-electron chi connectivity index (χ0n) is 25.1. The van der Waals surface area contributed by atoms with E-state index in [9.17, 15) is 18.8 Å². The molecule has 2 aromatic carbocycles. The number of hydrogen-bond donors (Lipinski definition) is 2. The fourth-order valence-corrected chi connectivity index (χ4v) is 5.56. The van der Waals surface area contributed by atoms with Crippen LogP contribution in [0.3, 0.4) is 0 Å². The van der Waals surface area contributed by atoms with E-state index in [4.69, 9.17) is 9.72 Å². The van der Waals surface area contributed by atoms with Crippen molar-refractivity contribution in [2.45, 2.75) is 52.5 Å². The van der Waals surface area contributed by atoms with Gasteiger partial charge in [-0.2, -0.15) is 5.10 Å². The number of halogens is 1. The third-order valence-corrected chi connectivity index (χ3v) is 8.28. The van der Waals surface area contributed by atoms with Crippen molar-refractivity contribution in [3.05, 3.63) is 104 Å². The second-order valence-electron chi connectivity index (χ2n) is 11.3. The molecular formula is C32H34FN7O4. The zero-order valence-corrected chi connectivity index (χ0v) is 25.1. The number of H-pyrrole nitrogens is 2. The smallest absolute Gasteiger partial charge is 0.406 e. The highest BCUT2D eigenvalue weighted by molar-refractivity contribution is 5.89. The molecule has 228 valence electrons. The first kappa shape index (κ1) is 29.1. The van der Waals surface area contributed by atoms with Crippen molar-refractivity contribution in [1.82, 2.24) is 29.3 Å². The van der Waals surface area contributed by atoms with Crippen LogP contribution in [0.5, 0.6) is 5.75 Å². The Kier molecular flexibility index (Phi) is 7.66. The highest BCUT2D eigenvalue weighted by atomic mass is 19.1. The van der Waals surface area contributed by atoms with Crippen molar-refractivity contribution in [3.8, 4) is 5.75 Å². The quantitative estimate of drug-likeness (QED) is 0.252. The van der Waals surface area contributed by atoms with Crippen LogP contribution in [-0.4, -0.2) is 41.9 Å². The minimum absolute atomic E-state index is 0.205. The number of anilines is 1. The van der Waals surface area contributed by atoms with Crippen molar-refractivity contribution < 1.29 is 13.9 Å². The predicted octanol–water partition coefficient (Wildman–Crippen LogP) is 4.71. The minimum Gasteiger partial charge on any atom is -0.406 e. The molecule has 0 aliphatic heterocycles. The lowest BCUT2D eigenvalue weighted by atomic mass is 9.91. The van der Waals surface area contributed by atoms with Gasteiger partial charge in [-0.3, -0.25) is 23.9 Å². The van der Waals surface area contributed by atoms with Gasteiger partial charge in [0, 0.05) is 31.7 Å². The van der Waals surface area contributed by atoms with Crippen LogP contribution in [-0.2, 0) is 20.0 Å². The maximum Gasteiger partial charge on any atom is 0.419 e. The lowest BCUT2D eigenvalue weighted by Gasteiger charge is -2.22. The number of aryl methyl sites for hydroxylation is 2. The monoisotopic (exact) mass is 599 g/mol. The zero-order chi connectivity index (χ0) is 31.1. The lowest BCUT2D eigenvalue weighted by Crippen LogP contribution is -2.33. The maximum atomic E-state index is 14.9. The van der Waals surface area contributed by atoms with Crippen LogP contribution in [0.25, 0.3) is 11.2 Å². The van der Waals surface area contributed by atoms with Gasteiger partial charge < -0.3 is 9.72 Å². The SMILES string of the molecule is CCN(C(=O)Oc1c(C)nn(C)c1C)c1ccc(C(Cc2ccccc2F)c2nc3c([nH]2)c(=O)[nH]c(=O)n3CC2CC2)cc1. The number of hydrogen-bond acceptors (Lipinski definition) is 6. The summed E-state index contributed by atoms with van der Waals surface area (Å²) < 4.78 is 23.8. The third kappa shape index (κ3) is 5.54. The number of aromatic nitrogens is 6. The number of rotatable bonds is 9. The molecule has 5 aromatic rings. The van der Waals surface area contributed by atoms with Crippen LogP contribution >= 0.6 is 0 Å². The van der Waals surface area contributed by atoms with Gasteiger partial charge in [-0.1, -0.05) is 30.3 Å². The molecule has 1 aliphatic rings. The van der Waals surface area contributed by atoms with Gasteiger partial charge in [-0.25, -0.2) is 19.0 Å². The third-order valence-electron chi connectivity index (χ3n) is 8.28. The number of nitrogens with one attached hydrogen (secondary N) is 2. The van der Waals surface area contributed by atoms with Crippen LogP contribution in [0.15, 0.2) is 58.1 Å². The summed E-state index contributed by atoms with van der Waals surface area (Å²) in [5, 5.41) is 4.32. The van der Waals surface area contributed by atoms with Gasteiger partial charge in [0.2, 0.25) is 0 Å². The summed E-state index contributed by atoms with van der Waals surface area (Å²) >= 11 is 0. The Balaban J connectivity index is 1.36. The molecule has 0 radical (unpaired) electrons. The minimum atomic E-state index is -0.549. The molecule has 1 atom stereocenters. The number of aromatic amines is 2. The number of imidazole rings is 1. The van der Waals surface area contributed by atoms with Crippen molar-refractivity contribution >= 4 is 22.9 Å². The Labute approximate surface area is 252 Å². The van der Waals surface area contributed by atoms with Crippen molar-refractivity contribution in [2.75, 3.05) is 11.4 Å². The van der Waals surface area contributed by atoms with Gasteiger partial charge in [0.15, 0.2) is 11.4 Å². The van der Waals surface area contributed by atoms with Crippen molar-refractivity contribution in [3.63, 3.8) is 0 Å². The van der Waals surface area contributed by atoms with Gasteiger partial charge >= 0.3 is 11.8 Å². The Morgan fingerprint density at radius 2 is 1.84 bits per heavy atom. The molecule has 1 amide bonds. The standard InChI is InChI=1S/C32H34FN7O4/c1-5-39(32(43)44-27-18(2)37-38(4)19(27)3)23-14-12-21(13-15-23)24(16-22-8-6-7-9-25(22)33)28-34-26-29(35-28)40(17-20-10-11-20)31(42)36-30(26)41/h6-9,12-15,20,24H,5,10-11,16-17H2,1-4H3,(H,34,35)(H,36,41,42). The van der Waals surface area contributed by atoms with E-state index in [1.807, 2.05) is 26.0 Å². The fourth-order valence-electron chi connectivity index (χ4n) is 5.56. The summed E-state index contributed by atoms with van der Waals surface area (Å²) in [5.41, 5.74) is 2.69. The van der Waals surface area contributed by atoms with E-state index in [2.05, 4.69) is 15.1 Å². The average molecular weight is 600 g/mol. The molecule has 3 aromatic heterocycles. The molecule has 0 spiro atoms. The van der Waals surface area contributed by atoms with Crippen LogP contribution in [0, 0.1) is 25.6 Å². The van der Waals surface area contributed by atoms with E-state index in [-0.39, 0.29) is 23.4 Å². The number of amides is 1. The van der Waals surface area contributed by atoms with E-state index in [1.165, 1.54) is 15.5 Å². The number of carbonyl (C=O) groups is 1. The lowest BCUT2D eigenvalue weighted by molar-refractivity contribution is 0.207. The van der Waals surface area contributed by atoms with E-state index in [0.29, 0.717) is 47.5 Å². The van der Waals surface area contributed by atoms with Crippen LogP contribution in [0.2, 0.25) is 0 Å². The molecule has 1 fully saturated rings. The molecule has 44 heavy (non-hydrogen) atoms. The van der Waals surface area contributed by atoms with E-state index >= 15 is 0 Å². The Bertz CT molecular complexity index is 1970. The normalized spacial score (nSPS) is 13.8. The Hall–Kier alpha value is -5.00. The molecule has 3 heterocycles. The van der Waals surface area contributed by atoms with Gasteiger partial charge in [-0.05, 0) is 75.3 Å². The van der Waals surface area contributed by atoms with Gasteiger partial charge in [0.05, 0.1) is 5.69 Å². The van der Waals surface area contributed by atoms with Crippen molar-refractivity contribution in [1.29, 1.82) is 0 Å². The molecule has 1 unspecified atom stereocenters. The molecule has 2 N–H and O–H groups in total. The summed E-state index contributed by atoms with van der Waals surface area (Å²) in [6, 6.07) is 13.8. The molecule has 0 bridgehead atoms. The van der Waals surface area contributed by atoms with Gasteiger partial charge in [-0.15, -0.1) is 0 Å². The molecule has 1 aliphatic carbocycles. The topological polar surface area (TPSA) is 131 Å². The maximum absolute atomic E-state index is 14.9. The summed E-state index contributed by atoms with van der Waals surface area (Å²) in [4.78, 5) is 50.5. The second-order valence-corrected chi connectivity index (χ2v) is 11.3. The second kappa shape index (κ2) is 11.6. The number of nitrogens with zero attached hydrogens (tertiary/aromatic N) is 5. The highest BCUT2D eigenvalue weighted by Crippen LogP contribution is 2.33. The fraction of sp³-hybridized carbons (Fsp3) is 0.344. The largest absolute Gasteiger partial charge is 0.419 e. The molecule has 1 saturated carbocycles. The van der Waals surface area contributed by atoms with Gasteiger partial charge in [0.1, 0.15) is 22.9 Å². The highest BCUT2D eigenvalue weighted by Gasteiger charge is 2.27. The predicted molar refractivity (Wildman–Crippen MR) is 164 cm³/mol. The first-order chi connectivity index (χ1) is 21.1. The summed E-state index contributed by atoms with van der Waals surface area (Å²) in [7, 11) is 1.79.